The second kappa shape index (κ2) is 9.77. The molecule has 1 aromatic heterocycles. The van der Waals surface area contributed by atoms with E-state index in [1.807, 2.05) is 37.3 Å². The van der Waals surface area contributed by atoms with Crippen LogP contribution in [0.4, 0.5) is 5.69 Å². The van der Waals surface area contributed by atoms with Gasteiger partial charge in [0.15, 0.2) is 12.4 Å². The molecule has 4 atom stereocenters. The molecule has 3 fully saturated rings. The van der Waals surface area contributed by atoms with Crippen LogP contribution in [-0.4, -0.2) is 35.2 Å². The zero-order chi connectivity index (χ0) is 28.2. The van der Waals surface area contributed by atoms with Gasteiger partial charge in [0.1, 0.15) is 0 Å². The van der Waals surface area contributed by atoms with Gasteiger partial charge in [-0.3, -0.25) is 19.3 Å². The topological polar surface area (TPSA) is 93.6 Å². The van der Waals surface area contributed by atoms with Crippen LogP contribution < -0.4 is 4.90 Å². The number of esters is 1. The fourth-order valence-corrected chi connectivity index (χ4v) is 6.99. The lowest BCUT2D eigenvalue weighted by Crippen LogP contribution is -2.32. The highest BCUT2D eigenvalue weighted by atomic mass is 16.5. The number of hydrogen-bond donors (Lipinski definition) is 0. The first-order chi connectivity index (χ1) is 19.9. The Morgan fingerprint density at radius 3 is 2.32 bits per heavy atom. The first kappa shape index (κ1) is 25.3. The van der Waals surface area contributed by atoms with E-state index in [4.69, 9.17) is 9.72 Å². The predicted molar refractivity (Wildman–Crippen MR) is 153 cm³/mol. The standard InChI is InChI=1S/C34H28N2O5/c1-19-9-11-20(12-10-19)29(37)18-41-34(40)26-17-28(35-27-8-3-2-7-25(26)27)21-5-4-6-24(16-21)36-32(38)30-22-13-14-23(15-22)31(30)33(36)39/h2-12,16-17,22-23,30-31H,13-15,18H2,1H3/t22-,23-,30-,31-/m0/s1. The van der Waals surface area contributed by atoms with Crippen LogP contribution in [0.15, 0.2) is 78.9 Å². The number of carbonyl (C=O) groups excluding carboxylic acids is 4. The maximum Gasteiger partial charge on any atom is 0.339 e. The largest absolute Gasteiger partial charge is 0.454 e. The Bertz CT molecular complexity index is 1720. The first-order valence-corrected chi connectivity index (χ1v) is 14.0. The van der Waals surface area contributed by atoms with Crippen LogP contribution in [0.5, 0.6) is 0 Å². The fourth-order valence-electron chi connectivity index (χ4n) is 6.99. The minimum absolute atomic E-state index is 0.0988. The van der Waals surface area contributed by atoms with Crippen LogP contribution in [0, 0.1) is 30.6 Å². The number of ether oxygens (including phenoxy) is 1. The number of fused-ring (bicyclic) bond motifs is 6. The minimum atomic E-state index is -0.630. The molecule has 2 heterocycles. The van der Waals surface area contributed by atoms with Crippen LogP contribution in [0.1, 0.15) is 45.5 Å². The van der Waals surface area contributed by atoms with Gasteiger partial charge >= 0.3 is 5.97 Å². The van der Waals surface area contributed by atoms with Crippen molar-refractivity contribution in [3.05, 3.63) is 95.6 Å². The maximum atomic E-state index is 13.4. The average Bonchev–Trinajstić information content (AvgIpc) is 3.69. The predicted octanol–water partition coefficient (Wildman–Crippen LogP) is 5.79. The van der Waals surface area contributed by atoms with Gasteiger partial charge in [0.05, 0.1) is 34.3 Å². The summed E-state index contributed by atoms with van der Waals surface area (Å²) in [5, 5.41) is 0.605. The molecule has 1 aliphatic heterocycles. The third-order valence-corrected chi connectivity index (χ3v) is 8.97. The monoisotopic (exact) mass is 544 g/mol. The molecule has 2 bridgehead atoms. The van der Waals surface area contributed by atoms with E-state index in [9.17, 15) is 19.2 Å². The molecule has 3 aromatic carbocycles. The number of amides is 2. The van der Waals surface area contributed by atoms with Crippen LogP contribution >= 0.6 is 0 Å². The summed E-state index contributed by atoms with van der Waals surface area (Å²) < 4.78 is 5.46. The number of aromatic nitrogens is 1. The highest BCUT2D eigenvalue weighted by Gasteiger charge is 2.61. The molecule has 0 unspecified atom stereocenters. The summed E-state index contributed by atoms with van der Waals surface area (Å²) in [6.45, 7) is 1.55. The van der Waals surface area contributed by atoms with E-state index in [1.165, 1.54) is 4.90 Å². The lowest BCUT2D eigenvalue weighted by atomic mass is 9.81. The number of Topliss-reactive ketones (excluding diaryl/α,β-unsaturated/α-hetero) is 1. The number of benzene rings is 3. The Morgan fingerprint density at radius 1 is 0.878 bits per heavy atom. The first-order valence-electron chi connectivity index (χ1n) is 14.0. The van der Waals surface area contributed by atoms with E-state index >= 15 is 0 Å². The number of anilines is 1. The smallest absolute Gasteiger partial charge is 0.339 e. The summed E-state index contributed by atoms with van der Waals surface area (Å²) in [5.41, 5.74) is 4.07. The van der Waals surface area contributed by atoms with Crippen molar-refractivity contribution in [1.29, 1.82) is 0 Å². The quantitative estimate of drug-likeness (QED) is 0.173. The summed E-state index contributed by atoms with van der Waals surface area (Å²) in [7, 11) is 0. The van der Waals surface area contributed by atoms with E-state index in [1.54, 1.807) is 48.5 Å². The summed E-state index contributed by atoms with van der Waals surface area (Å²) in [6.07, 6.45) is 3.03. The van der Waals surface area contributed by atoms with Gasteiger partial charge in [0.25, 0.3) is 0 Å². The second-order valence-corrected chi connectivity index (χ2v) is 11.4. The molecule has 0 N–H and O–H groups in total. The van der Waals surface area contributed by atoms with Gasteiger partial charge < -0.3 is 4.74 Å². The van der Waals surface area contributed by atoms with Gasteiger partial charge in [0, 0.05) is 16.5 Å². The molecular weight excluding hydrogens is 516 g/mol. The third-order valence-electron chi connectivity index (χ3n) is 8.97. The zero-order valence-electron chi connectivity index (χ0n) is 22.6. The van der Waals surface area contributed by atoms with Crippen molar-refractivity contribution >= 4 is 40.2 Å². The van der Waals surface area contributed by atoms with Gasteiger partial charge in [-0.2, -0.15) is 0 Å². The third kappa shape index (κ3) is 4.24. The highest BCUT2D eigenvalue weighted by molar-refractivity contribution is 6.22. The molecule has 7 heteroatoms. The molecule has 1 saturated heterocycles. The number of pyridine rings is 1. The Kier molecular flexibility index (Phi) is 6.03. The van der Waals surface area contributed by atoms with Crippen molar-refractivity contribution in [1.82, 2.24) is 4.98 Å². The van der Waals surface area contributed by atoms with Gasteiger partial charge in [-0.1, -0.05) is 60.2 Å². The second-order valence-electron chi connectivity index (χ2n) is 11.4. The summed E-state index contributed by atoms with van der Waals surface area (Å²) in [6, 6.07) is 23.2. The number of imide groups is 1. The number of para-hydroxylation sites is 1. The van der Waals surface area contributed by atoms with Crippen molar-refractivity contribution < 1.29 is 23.9 Å². The molecule has 2 aliphatic carbocycles. The number of rotatable bonds is 6. The van der Waals surface area contributed by atoms with Gasteiger partial charge in [-0.05, 0) is 62.3 Å². The summed E-state index contributed by atoms with van der Waals surface area (Å²) in [4.78, 5) is 58.8. The summed E-state index contributed by atoms with van der Waals surface area (Å²) in [5.74, 6) is -0.902. The molecule has 41 heavy (non-hydrogen) atoms. The molecular formula is C34H28N2O5. The number of nitrogens with zero attached hydrogens (tertiary/aromatic N) is 2. The average molecular weight is 545 g/mol. The van der Waals surface area contributed by atoms with Crippen LogP contribution in [0.2, 0.25) is 0 Å². The Balaban J connectivity index is 1.19. The number of ketones is 1. The SMILES string of the molecule is Cc1ccc(C(=O)COC(=O)c2cc(-c3cccc(N4C(=O)[C@H]5[C@H]6CC[C@@H](C6)[C@@H]5C4=O)c3)nc3ccccc23)cc1. The fraction of sp³-hybridized carbons (Fsp3) is 0.265. The van der Waals surface area contributed by atoms with E-state index < -0.39 is 5.97 Å². The van der Waals surface area contributed by atoms with E-state index in [0.717, 1.165) is 24.8 Å². The normalized spacial score (nSPS) is 22.8. The molecule has 0 spiro atoms. The zero-order valence-corrected chi connectivity index (χ0v) is 22.6. The van der Waals surface area contributed by atoms with E-state index in [-0.39, 0.29) is 41.6 Å². The van der Waals surface area contributed by atoms with E-state index in [2.05, 4.69) is 0 Å². The maximum absolute atomic E-state index is 13.4. The van der Waals surface area contributed by atoms with Gasteiger partial charge in [-0.15, -0.1) is 0 Å². The van der Waals surface area contributed by atoms with Crippen molar-refractivity contribution in [2.75, 3.05) is 11.5 Å². The Labute approximate surface area is 237 Å². The number of carbonyl (C=O) groups is 4. The lowest BCUT2D eigenvalue weighted by Gasteiger charge is -2.19. The Morgan fingerprint density at radius 2 is 1.59 bits per heavy atom. The van der Waals surface area contributed by atoms with E-state index in [0.29, 0.717) is 45.2 Å². The van der Waals surface area contributed by atoms with Crippen molar-refractivity contribution in [2.24, 2.45) is 23.7 Å². The van der Waals surface area contributed by atoms with Crippen molar-refractivity contribution in [3.63, 3.8) is 0 Å². The number of aryl methyl sites for hydroxylation is 1. The van der Waals surface area contributed by atoms with Crippen LogP contribution in [0.3, 0.4) is 0 Å². The van der Waals surface area contributed by atoms with Gasteiger partial charge in [0.2, 0.25) is 11.8 Å². The van der Waals surface area contributed by atoms with Crippen molar-refractivity contribution in [2.45, 2.75) is 26.2 Å². The summed E-state index contributed by atoms with van der Waals surface area (Å²) >= 11 is 0. The minimum Gasteiger partial charge on any atom is -0.454 e. The molecule has 4 aromatic rings. The number of hydrogen-bond acceptors (Lipinski definition) is 6. The van der Waals surface area contributed by atoms with Gasteiger partial charge in [-0.25, -0.2) is 9.78 Å². The molecule has 0 radical (unpaired) electrons. The molecule has 3 aliphatic rings. The molecule has 2 amide bonds. The van der Waals surface area contributed by atoms with Crippen LogP contribution in [0.25, 0.3) is 22.2 Å². The Hall–Kier alpha value is -4.65. The molecule has 7 rings (SSSR count). The molecule has 2 saturated carbocycles. The van der Waals surface area contributed by atoms with Crippen molar-refractivity contribution in [3.8, 4) is 11.3 Å². The molecule has 7 nitrogen and oxygen atoms in total. The van der Waals surface area contributed by atoms with Crippen LogP contribution in [-0.2, 0) is 14.3 Å². The lowest BCUT2D eigenvalue weighted by molar-refractivity contribution is -0.123. The molecule has 204 valence electrons. The highest BCUT2D eigenvalue weighted by Crippen LogP contribution is 2.56.